The highest BCUT2D eigenvalue weighted by atomic mass is 19.2. The topological polar surface area (TPSA) is 39.9 Å². The summed E-state index contributed by atoms with van der Waals surface area (Å²) in [5.41, 5.74) is 1.96. The van der Waals surface area contributed by atoms with Crippen LogP contribution in [0.2, 0.25) is 0 Å². The number of anilines is 3. The van der Waals surface area contributed by atoms with Crippen LogP contribution in [-0.4, -0.2) is 4.98 Å². The fourth-order valence-electron chi connectivity index (χ4n) is 3.33. The molecule has 0 saturated heterocycles. The molecular formula is C20H12F3N3. The van der Waals surface area contributed by atoms with E-state index in [2.05, 4.69) is 4.98 Å². The molecule has 3 nitrogen and oxygen atoms in total. The number of hydrogen-bond donors (Lipinski definition) is 0. The van der Waals surface area contributed by atoms with Gasteiger partial charge in [0.25, 0.3) is 5.95 Å². The van der Waals surface area contributed by atoms with Crippen LogP contribution in [0.3, 0.4) is 0 Å². The zero-order chi connectivity index (χ0) is 18.3. The largest absolute Gasteiger partial charge is 0.305 e. The van der Waals surface area contributed by atoms with Crippen molar-refractivity contribution in [3.05, 3.63) is 82.9 Å². The third kappa shape index (κ3) is 2.40. The second-order valence-electron chi connectivity index (χ2n) is 5.94. The van der Waals surface area contributed by atoms with Crippen molar-refractivity contribution >= 4 is 17.1 Å². The van der Waals surface area contributed by atoms with Gasteiger partial charge in [0.2, 0.25) is 5.95 Å². The number of benzene rings is 2. The number of nitriles is 1. The molecule has 0 unspecified atom stereocenters. The van der Waals surface area contributed by atoms with Gasteiger partial charge in [0.1, 0.15) is 17.3 Å². The number of aromatic nitrogens is 1. The molecule has 1 aromatic heterocycles. The molecule has 0 bridgehead atoms. The lowest BCUT2D eigenvalue weighted by atomic mass is 10.0. The average molecular weight is 351 g/mol. The van der Waals surface area contributed by atoms with Crippen LogP contribution in [0.1, 0.15) is 16.7 Å². The Bertz CT molecular complexity index is 1010. The van der Waals surface area contributed by atoms with E-state index >= 15 is 0 Å². The van der Waals surface area contributed by atoms with Gasteiger partial charge in [-0.1, -0.05) is 36.4 Å². The number of nitrogens with zero attached hydrogens (tertiary/aromatic N) is 3. The summed E-state index contributed by atoms with van der Waals surface area (Å²) in [6, 6.07) is 16.2. The summed E-state index contributed by atoms with van der Waals surface area (Å²) < 4.78 is 42.4. The van der Waals surface area contributed by atoms with Crippen LogP contribution in [-0.2, 0) is 12.8 Å². The van der Waals surface area contributed by atoms with Gasteiger partial charge in [0.15, 0.2) is 5.82 Å². The van der Waals surface area contributed by atoms with E-state index in [9.17, 15) is 18.4 Å². The molecule has 0 spiro atoms. The molecule has 128 valence electrons. The van der Waals surface area contributed by atoms with Gasteiger partial charge in [-0.05, 0) is 36.1 Å². The first-order valence-corrected chi connectivity index (χ1v) is 8.02. The first-order valence-electron chi connectivity index (χ1n) is 8.02. The molecule has 0 aliphatic carbocycles. The van der Waals surface area contributed by atoms with E-state index in [0.29, 0.717) is 24.2 Å². The quantitative estimate of drug-likeness (QED) is 0.583. The highest BCUT2D eigenvalue weighted by Crippen LogP contribution is 2.44. The average Bonchev–Trinajstić information content (AvgIpc) is 2.82. The lowest BCUT2D eigenvalue weighted by molar-refractivity contribution is 0.446. The minimum Gasteiger partial charge on any atom is -0.305 e. The summed E-state index contributed by atoms with van der Waals surface area (Å²) in [5, 5.41) is 9.37. The Labute approximate surface area is 148 Å². The van der Waals surface area contributed by atoms with Gasteiger partial charge in [0.05, 0.1) is 0 Å². The fraction of sp³-hybridized carbons (Fsp3) is 0.100. The van der Waals surface area contributed by atoms with Crippen molar-refractivity contribution < 1.29 is 13.2 Å². The van der Waals surface area contributed by atoms with Crippen molar-refractivity contribution in [2.45, 2.75) is 12.8 Å². The Morgan fingerprint density at radius 3 is 1.92 bits per heavy atom. The molecule has 1 aliphatic rings. The lowest BCUT2D eigenvalue weighted by Crippen LogP contribution is -2.17. The van der Waals surface area contributed by atoms with E-state index < -0.39 is 23.3 Å². The monoisotopic (exact) mass is 351 g/mol. The van der Waals surface area contributed by atoms with E-state index in [4.69, 9.17) is 0 Å². The van der Waals surface area contributed by atoms with Gasteiger partial charge in [-0.25, -0.2) is 4.39 Å². The summed E-state index contributed by atoms with van der Waals surface area (Å²) in [4.78, 5) is 4.49. The number of para-hydroxylation sites is 2. The van der Waals surface area contributed by atoms with E-state index in [1.54, 1.807) is 30.3 Å². The summed E-state index contributed by atoms with van der Waals surface area (Å²) in [6.07, 6.45) is 1.40. The van der Waals surface area contributed by atoms with Crippen LogP contribution in [0.4, 0.5) is 30.2 Å². The van der Waals surface area contributed by atoms with Gasteiger partial charge in [-0.2, -0.15) is 19.0 Å². The third-order valence-electron chi connectivity index (χ3n) is 4.49. The van der Waals surface area contributed by atoms with Crippen LogP contribution >= 0.6 is 0 Å². The van der Waals surface area contributed by atoms with Crippen molar-refractivity contribution in [3.8, 4) is 6.07 Å². The Balaban J connectivity index is 2.10. The second kappa shape index (κ2) is 6.19. The van der Waals surface area contributed by atoms with Gasteiger partial charge >= 0.3 is 0 Å². The minimum atomic E-state index is -1.63. The molecule has 3 aromatic rings. The molecule has 0 fully saturated rings. The van der Waals surface area contributed by atoms with Crippen LogP contribution in [0.5, 0.6) is 0 Å². The summed E-state index contributed by atoms with van der Waals surface area (Å²) in [7, 11) is 0. The molecule has 0 atom stereocenters. The van der Waals surface area contributed by atoms with Crippen LogP contribution < -0.4 is 4.90 Å². The predicted octanol–water partition coefficient (Wildman–Crippen LogP) is 4.94. The summed E-state index contributed by atoms with van der Waals surface area (Å²) in [6.45, 7) is 0. The number of fused-ring (bicyclic) bond motifs is 2. The normalized spacial score (nSPS) is 12.8. The molecule has 0 saturated carbocycles. The molecule has 2 heterocycles. The highest BCUT2D eigenvalue weighted by molar-refractivity contribution is 5.83. The van der Waals surface area contributed by atoms with Crippen molar-refractivity contribution in [1.82, 2.24) is 4.98 Å². The van der Waals surface area contributed by atoms with Gasteiger partial charge in [-0.15, -0.1) is 0 Å². The third-order valence-corrected chi connectivity index (χ3v) is 4.49. The van der Waals surface area contributed by atoms with Crippen molar-refractivity contribution in [1.29, 1.82) is 5.26 Å². The van der Waals surface area contributed by atoms with E-state index in [0.717, 1.165) is 11.1 Å². The van der Waals surface area contributed by atoms with Crippen molar-refractivity contribution in [2.75, 3.05) is 4.90 Å². The zero-order valence-electron chi connectivity index (χ0n) is 13.5. The maximum Gasteiger partial charge on any atom is 0.253 e. The fourth-order valence-corrected chi connectivity index (χ4v) is 3.33. The SMILES string of the molecule is N#Cc1c(F)c(F)nc(F)c1N1c2ccccc2CCc2ccccc21. The van der Waals surface area contributed by atoms with E-state index in [-0.39, 0.29) is 5.69 Å². The van der Waals surface area contributed by atoms with Gasteiger partial charge in [-0.3, -0.25) is 0 Å². The second-order valence-corrected chi connectivity index (χ2v) is 5.94. The smallest absolute Gasteiger partial charge is 0.253 e. The molecular weight excluding hydrogens is 339 g/mol. The molecule has 4 rings (SSSR count). The summed E-state index contributed by atoms with van der Waals surface area (Å²) >= 11 is 0. The number of halogens is 3. The number of pyridine rings is 1. The molecule has 0 radical (unpaired) electrons. The molecule has 6 heteroatoms. The zero-order valence-corrected chi connectivity index (χ0v) is 13.5. The molecule has 2 aromatic carbocycles. The van der Waals surface area contributed by atoms with Crippen LogP contribution in [0.25, 0.3) is 0 Å². The van der Waals surface area contributed by atoms with Gasteiger partial charge in [0, 0.05) is 11.4 Å². The molecule has 26 heavy (non-hydrogen) atoms. The standard InChI is InChI=1S/C20H12F3N3/c21-17-14(11-24)18(20(23)25-19(17)22)26-15-7-3-1-5-12(15)9-10-13-6-2-4-8-16(13)26/h1-8H,9-10H2. The number of hydrogen-bond acceptors (Lipinski definition) is 3. The Morgan fingerprint density at radius 2 is 1.38 bits per heavy atom. The Morgan fingerprint density at radius 1 is 0.846 bits per heavy atom. The van der Waals surface area contributed by atoms with Crippen LogP contribution in [0.15, 0.2) is 48.5 Å². The predicted molar refractivity (Wildman–Crippen MR) is 90.9 cm³/mol. The maximum atomic E-state index is 14.7. The van der Waals surface area contributed by atoms with Crippen molar-refractivity contribution in [3.63, 3.8) is 0 Å². The van der Waals surface area contributed by atoms with Gasteiger partial charge < -0.3 is 4.90 Å². The Kier molecular flexibility index (Phi) is 3.85. The highest BCUT2D eigenvalue weighted by Gasteiger charge is 2.30. The lowest BCUT2D eigenvalue weighted by Gasteiger charge is -2.27. The maximum absolute atomic E-state index is 14.7. The van der Waals surface area contributed by atoms with Crippen LogP contribution in [0, 0.1) is 29.0 Å². The van der Waals surface area contributed by atoms with Crippen molar-refractivity contribution in [2.24, 2.45) is 0 Å². The minimum absolute atomic E-state index is 0.381. The number of aryl methyl sites for hydroxylation is 2. The van der Waals surface area contributed by atoms with E-state index in [1.807, 2.05) is 24.3 Å². The first kappa shape index (κ1) is 16.2. The number of rotatable bonds is 1. The van der Waals surface area contributed by atoms with E-state index in [1.165, 1.54) is 4.90 Å². The molecule has 1 aliphatic heterocycles. The molecule has 0 amide bonds. The Hall–Kier alpha value is -3.33. The summed E-state index contributed by atoms with van der Waals surface area (Å²) in [5.74, 6) is -4.31. The molecule has 0 N–H and O–H groups in total. The first-order chi connectivity index (χ1) is 12.6.